The summed E-state index contributed by atoms with van der Waals surface area (Å²) in [5.74, 6) is -3.45. The maximum atomic E-state index is 13.3. The normalized spacial score (nSPS) is 13.8. The minimum Gasteiger partial charge on any atom is -0.270 e. The largest absolute Gasteiger partial charge is 0.270 e. The van der Waals surface area contributed by atoms with Gasteiger partial charge in [-0.2, -0.15) is 0 Å². The summed E-state index contributed by atoms with van der Waals surface area (Å²) in [5, 5.41) is 0. The number of hydrogen-bond donors (Lipinski definition) is 0. The molecule has 0 aromatic heterocycles. The van der Waals surface area contributed by atoms with Gasteiger partial charge in [0.05, 0.1) is 17.7 Å². The first-order valence-corrected chi connectivity index (χ1v) is 8.87. The van der Waals surface area contributed by atoms with Crippen molar-refractivity contribution < 1.29 is 18.4 Å². The van der Waals surface area contributed by atoms with Crippen LogP contribution in [0, 0.1) is 0 Å². The van der Waals surface area contributed by atoms with E-state index in [1.807, 2.05) is 24.3 Å². The molecule has 0 fully saturated rings. The predicted octanol–water partition coefficient (Wildman–Crippen LogP) is 5.26. The molecule has 0 radical (unpaired) electrons. The number of hydrogen-bond acceptors (Lipinski definition) is 2. The Kier molecular flexibility index (Phi) is 4.30. The highest BCUT2D eigenvalue weighted by atomic mass is 19.3. The average Bonchev–Trinajstić information content (AvgIpc) is 2.93. The highest BCUT2D eigenvalue weighted by Crippen LogP contribution is 2.30. The fourth-order valence-corrected chi connectivity index (χ4v) is 3.32. The van der Waals surface area contributed by atoms with Crippen molar-refractivity contribution in [2.24, 2.45) is 0 Å². The van der Waals surface area contributed by atoms with Crippen LogP contribution in [-0.4, -0.2) is 16.7 Å². The first kappa shape index (κ1) is 18.0. The lowest BCUT2D eigenvalue weighted by molar-refractivity contribution is 0.0174. The van der Waals surface area contributed by atoms with E-state index in [0.717, 1.165) is 23.6 Å². The van der Waals surface area contributed by atoms with Gasteiger partial charge in [-0.3, -0.25) is 14.5 Å². The number of rotatable bonds is 4. The summed E-state index contributed by atoms with van der Waals surface area (Å²) >= 11 is 0. The molecule has 5 heteroatoms. The van der Waals surface area contributed by atoms with E-state index in [1.54, 1.807) is 36.4 Å². The molecule has 1 aliphatic heterocycles. The van der Waals surface area contributed by atoms with Crippen LogP contribution in [0.4, 0.5) is 8.78 Å². The Morgan fingerprint density at radius 1 is 0.750 bits per heavy atom. The second kappa shape index (κ2) is 6.68. The van der Waals surface area contributed by atoms with E-state index in [9.17, 15) is 18.4 Å². The van der Waals surface area contributed by atoms with Crippen molar-refractivity contribution in [3.05, 3.63) is 95.1 Å². The maximum Gasteiger partial charge on any atom is 0.270 e. The number of alkyl halides is 2. The molecule has 0 saturated carbocycles. The Morgan fingerprint density at radius 2 is 1.21 bits per heavy atom. The standard InChI is InChI=1S/C23H17F2NO2/c1-23(24,25)18-12-10-17(11-13-18)16-8-6-15(7-9-16)14-26-21(27)19-4-2-3-5-20(19)22(26)28/h2-13H,14H2,1H3. The van der Waals surface area contributed by atoms with Crippen LogP contribution in [0.15, 0.2) is 72.8 Å². The number of amides is 2. The number of carbonyl (C=O) groups is 2. The highest BCUT2D eigenvalue weighted by molar-refractivity contribution is 6.21. The number of nitrogens with zero attached hydrogens (tertiary/aromatic N) is 1. The third kappa shape index (κ3) is 3.20. The van der Waals surface area contributed by atoms with Crippen LogP contribution in [-0.2, 0) is 12.5 Å². The van der Waals surface area contributed by atoms with E-state index in [4.69, 9.17) is 0 Å². The van der Waals surface area contributed by atoms with E-state index in [0.29, 0.717) is 11.1 Å². The molecule has 2 amide bonds. The average molecular weight is 377 g/mol. The monoisotopic (exact) mass is 377 g/mol. The molecule has 1 heterocycles. The molecule has 1 aliphatic rings. The van der Waals surface area contributed by atoms with Gasteiger partial charge in [-0.15, -0.1) is 0 Å². The van der Waals surface area contributed by atoms with Crippen LogP contribution in [0.25, 0.3) is 11.1 Å². The molecule has 0 bridgehead atoms. The minimum atomic E-state index is -2.87. The molecule has 4 rings (SSSR count). The van der Waals surface area contributed by atoms with E-state index in [2.05, 4.69) is 0 Å². The van der Waals surface area contributed by atoms with Gasteiger partial charge in [0.15, 0.2) is 0 Å². The minimum absolute atomic E-state index is 0.0292. The molecule has 28 heavy (non-hydrogen) atoms. The number of halogens is 2. The number of carbonyl (C=O) groups excluding carboxylic acids is 2. The van der Waals surface area contributed by atoms with Gasteiger partial charge >= 0.3 is 0 Å². The van der Waals surface area contributed by atoms with Crippen molar-refractivity contribution in [1.29, 1.82) is 0 Å². The lowest BCUT2D eigenvalue weighted by Gasteiger charge is -2.14. The van der Waals surface area contributed by atoms with Crippen LogP contribution in [0.5, 0.6) is 0 Å². The topological polar surface area (TPSA) is 37.4 Å². The lowest BCUT2D eigenvalue weighted by Crippen LogP contribution is -2.29. The van der Waals surface area contributed by atoms with Crippen molar-refractivity contribution in [2.75, 3.05) is 0 Å². The Balaban J connectivity index is 1.52. The van der Waals surface area contributed by atoms with Crippen molar-refractivity contribution in [1.82, 2.24) is 4.90 Å². The summed E-state index contributed by atoms with van der Waals surface area (Å²) in [6.45, 7) is 1.06. The van der Waals surface area contributed by atoms with Gasteiger partial charge in [-0.25, -0.2) is 8.78 Å². The summed E-state index contributed by atoms with van der Waals surface area (Å²) in [5.41, 5.74) is 3.33. The molecule has 3 aromatic carbocycles. The highest BCUT2D eigenvalue weighted by Gasteiger charge is 2.34. The lowest BCUT2D eigenvalue weighted by atomic mass is 10.0. The Bertz CT molecular complexity index is 1020. The summed E-state index contributed by atoms with van der Waals surface area (Å²) in [7, 11) is 0. The summed E-state index contributed by atoms with van der Waals surface area (Å²) < 4.78 is 26.7. The van der Waals surface area contributed by atoms with Crippen LogP contribution in [0.2, 0.25) is 0 Å². The molecule has 0 atom stereocenters. The Labute approximate surface area is 161 Å². The quantitative estimate of drug-likeness (QED) is 0.582. The Morgan fingerprint density at radius 3 is 1.68 bits per heavy atom. The third-order valence-electron chi connectivity index (χ3n) is 4.90. The molecule has 3 aromatic rings. The van der Waals surface area contributed by atoms with Crippen molar-refractivity contribution in [2.45, 2.75) is 19.4 Å². The van der Waals surface area contributed by atoms with Gasteiger partial charge < -0.3 is 0 Å². The fraction of sp³-hybridized carbons (Fsp3) is 0.130. The van der Waals surface area contributed by atoms with Crippen LogP contribution >= 0.6 is 0 Å². The maximum absolute atomic E-state index is 13.3. The smallest absolute Gasteiger partial charge is 0.270 e. The molecule has 0 N–H and O–H groups in total. The van der Waals surface area contributed by atoms with E-state index >= 15 is 0 Å². The molecular formula is C23H17F2NO2. The zero-order valence-electron chi connectivity index (χ0n) is 15.2. The molecule has 0 spiro atoms. The molecule has 0 unspecified atom stereocenters. The van der Waals surface area contributed by atoms with Gasteiger partial charge in [0.1, 0.15) is 0 Å². The number of imide groups is 1. The molecule has 140 valence electrons. The second-order valence-electron chi connectivity index (χ2n) is 6.90. The predicted molar refractivity (Wildman–Crippen MR) is 102 cm³/mol. The van der Waals surface area contributed by atoms with E-state index in [-0.39, 0.29) is 23.9 Å². The molecular weight excluding hydrogens is 360 g/mol. The molecule has 0 aliphatic carbocycles. The fourth-order valence-electron chi connectivity index (χ4n) is 3.32. The molecule has 0 saturated heterocycles. The van der Waals surface area contributed by atoms with E-state index in [1.165, 1.54) is 17.0 Å². The van der Waals surface area contributed by atoms with Gasteiger partial charge in [0.2, 0.25) is 0 Å². The van der Waals surface area contributed by atoms with Crippen molar-refractivity contribution in [3.8, 4) is 11.1 Å². The first-order chi connectivity index (χ1) is 13.3. The van der Waals surface area contributed by atoms with Gasteiger partial charge in [0, 0.05) is 12.5 Å². The zero-order chi connectivity index (χ0) is 19.9. The van der Waals surface area contributed by atoms with Crippen molar-refractivity contribution in [3.63, 3.8) is 0 Å². The summed E-state index contributed by atoms with van der Waals surface area (Å²) in [6.07, 6.45) is 0. The van der Waals surface area contributed by atoms with Crippen LogP contribution in [0.1, 0.15) is 38.8 Å². The first-order valence-electron chi connectivity index (χ1n) is 8.87. The van der Waals surface area contributed by atoms with Crippen LogP contribution < -0.4 is 0 Å². The van der Waals surface area contributed by atoms with Gasteiger partial charge in [0.25, 0.3) is 17.7 Å². The zero-order valence-corrected chi connectivity index (χ0v) is 15.2. The van der Waals surface area contributed by atoms with Crippen LogP contribution in [0.3, 0.4) is 0 Å². The second-order valence-corrected chi connectivity index (χ2v) is 6.90. The number of benzene rings is 3. The Hall–Kier alpha value is -3.34. The number of fused-ring (bicyclic) bond motifs is 1. The summed E-state index contributed by atoms with van der Waals surface area (Å²) in [4.78, 5) is 26.1. The molecule has 3 nitrogen and oxygen atoms in total. The van der Waals surface area contributed by atoms with E-state index < -0.39 is 5.92 Å². The van der Waals surface area contributed by atoms with Crippen molar-refractivity contribution >= 4 is 11.8 Å². The SMILES string of the molecule is CC(F)(F)c1ccc(-c2ccc(CN3C(=O)c4ccccc4C3=O)cc2)cc1. The summed E-state index contributed by atoms with van der Waals surface area (Å²) in [6, 6.07) is 20.3. The van der Waals surface area contributed by atoms with Gasteiger partial charge in [-0.05, 0) is 28.8 Å². The third-order valence-corrected chi connectivity index (χ3v) is 4.90. The van der Waals surface area contributed by atoms with Gasteiger partial charge in [-0.1, -0.05) is 60.7 Å².